The lowest BCUT2D eigenvalue weighted by Gasteiger charge is -2.15. The molecular weight excluding hydrogens is 278 g/mol. The lowest BCUT2D eigenvalue weighted by molar-refractivity contribution is 0.849. The first-order valence-electron chi connectivity index (χ1n) is 6.71. The first-order valence-corrected chi connectivity index (χ1v) is 6.71. The third kappa shape index (κ3) is 2.91. The molecule has 0 amide bonds. The number of aromatic nitrogens is 5. The topological polar surface area (TPSA) is 92.3 Å². The Morgan fingerprint density at radius 2 is 1.95 bits per heavy atom. The molecule has 2 aromatic heterocycles. The molecule has 1 atom stereocenters. The molecule has 0 spiro atoms. The fourth-order valence-electron chi connectivity index (χ4n) is 2.03. The Bertz CT molecular complexity index is 770. The van der Waals surface area contributed by atoms with Crippen molar-refractivity contribution in [1.82, 2.24) is 25.0 Å². The van der Waals surface area contributed by atoms with Crippen LogP contribution in [0.3, 0.4) is 0 Å². The van der Waals surface area contributed by atoms with Crippen LogP contribution < -0.4 is 5.32 Å². The van der Waals surface area contributed by atoms with Crippen LogP contribution in [0, 0.1) is 11.3 Å². The summed E-state index contributed by atoms with van der Waals surface area (Å²) in [6, 6.07) is 13.4. The van der Waals surface area contributed by atoms with E-state index in [1.807, 2.05) is 37.3 Å². The monoisotopic (exact) mass is 291 g/mol. The standard InChI is InChI=1S/C15H13N7/c1-11(19-15-7-4-13(8-16)20-21-15)12-2-5-14(6-3-12)22-10-17-9-18-22/h2-7,9-11H,1H3,(H,19,21). The van der Waals surface area contributed by atoms with Crippen molar-refractivity contribution in [3.05, 3.63) is 60.3 Å². The molecule has 0 fully saturated rings. The van der Waals surface area contributed by atoms with Crippen LogP contribution in [-0.2, 0) is 0 Å². The molecule has 1 aromatic carbocycles. The number of nitrogens with zero attached hydrogens (tertiary/aromatic N) is 6. The van der Waals surface area contributed by atoms with Crippen LogP contribution in [0.2, 0.25) is 0 Å². The minimum absolute atomic E-state index is 0.0621. The molecule has 7 nitrogen and oxygen atoms in total. The van der Waals surface area contributed by atoms with Gasteiger partial charge in [0.2, 0.25) is 0 Å². The Morgan fingerprint density at radius 1 is 1.14 bits per heavy atom. The summed E-state index contributed by atoms with van der Waals surface area (Å²) in [5.41, 5.74) is 2.36. The molecule has 0 saturated carbocycles. The van der Waals surface area contributed by atoms with Crippen molar-refractivity contribution < 1.29 is 0 Å². The number of anilines is 1. The van der Waals surface area contributed by atoms with Crippen LogP contribution >= 0.6 is 0 Å². The average Bonchev–Trinajstić information content (AvgIpc) is 3.10. The summed E-state index contributed by atoms with van der Waals surface area (Å²) in [6.07, 6.45) is 3.16. The molecule has 1 N–H and O–H groups in total. The molecule has 3 rings (SSSR count). The lowest BCUT2D eigenvalue weighted by atomic mass is 10.1. The SMILES string of the molecule is CC(Nc1ccc(C#N)nn1)c1ccc(-n2cncn2)cc1. The van der Waals surface area contributed by atoms with Gasteiger partial charge in [-0.25, -0.2) is 9.67 Å². The highest BCUT2D eigenvalue weighted by Gasteiger charge is 2.07. The summed E-state index contributed by atoms with van der Waals surface area (Å²) in [5, 5.41) is 23.8. The van der Waals surface area contributed by atoms with Gasteiger partial charge in [-0.15, -0.1) is 10.2 Å². The molecule has 0 aliphatic carbocycles. The van der Waals surface area contributed by atoms with Gasteiger partial charge in [-0.2, -0.15) is 10.4 Å². The summed E-state index contributed by atoms with van der Waals surface area (Å²) in [5.74, 6) is 0.631. The number of nitrogens with one attached hydrogen (secondary N) is 1. The lowest BCUT2D eigenvalue weighted by Crippen LogP contribution is -2.09. The van der Waals surface area contributed by atoms with Gasteiger partial charge in [0.05, 0.1) is 11.7 Å². The van der Waals surface area contributed by atoms with Crippen molar-refractivity contribution in [2.24, 2.45) is 0 Å². The number of nitriles is 1. The fourth-order valence-corrected chi connectivity index (χ4v) is 2.03. The van der Waals surface area contributed by atoms with E-state index in [1.54, 1.807) is 23.1 Å². The first-order chi connectivity index (χ1) is 10.8. The smallest absolute Gasteiger partial charge is 0.163 e. The van der Waals surface area contributed by atoms with Gasteiger partial charge < -0.3 is 5.32 Å². The van der Waals surface area contributed by atoms with Gasteiger partial charge in [-0.1, -0.05) is 12.1 Å². The van der Waals surface area contributed by atoms with Crippen molar-refractivity contribution in [2.75, 3.05) is 5.32 Å². The van der Waals surface area contributed by atoms with E-state index in [2.05, 4.69) is 25.6 Å². The second-order valence-electron chi connectivity index (χ2n) is 4.71. The van der Waals surface area contributed by atoms with Crippen molar-refractivity contribution in [3.8, 4) is 11.8 Å². The Balaban J connectivity index is 1.71. The number of hydrogen-bond acceptors (Lipinski definition) is 6. The predicted octanol–water partition coefficient (Wildman–Crippen LogP) is 2.10. The van der Waals surface area contributed by atoms with Crippen molar-refractivity contribution >= 4 is 5.82 Å². The van der Waals surface area contributed by atoms with E-state index in [-0.39, 0.29) is 6.04 Å². The van der Waals surface area contributed by atoms with E-state index in [0.717, 1.165) is 11.3 Å². The van der Waals surface area contributed by atoms with Gasteiger partial charge in [-0.05, 0) is 36.8 Å². The van der Waals surface area contributed by atoms with Crippen molar-refractivity contribution in [3.63, 3.8) is 0 Å². The van der Waals surface area contributed by atoms with Gasteiger partial charge in [-0.3, -0.25) is 0 Å². The predicted molar refractivity (Wildman–Crippen MR) is 80.1 cm³/mol. The molecule has 3 aromatic rings. The third-order valence-electron chi connectivity index (χ3n) is 3.22. The summed E-state index contributed by atoms with van der Waals surface area (Å²) in [4.78, 5) is 3.93. The van der Waals surface area contributed by atoms with E-state index in [1.165, 1.54) is 6.33 Å². The van der Waals surface area contributed by atoms with Gasteiger partial charge in [0, 0.05) is 0 Å². The molecule has 0 saturated heterocycles. The Kier molecular flexibility index (Phi) is 3.74. The molecule has 0 radical (unpaired) electrons. The molecule has 7 heteroatoms. The van der Waals surface area contributed by atoms with Gasteiger partial charge in [0.25, 0.3) is 0 Å². The average molecular weight is 291 g/mol. The first kappa shape index (κ1) is 13.7. The highest BCUT2D eigenvalue weighted by atomic mass is 15.3. The Hall–Kier alpha value is -3.27. The zero-order valence-electron chi connectivity index (χ0n) is 11.9. The summed E-state index contributed by atoms with van der Waals surface area (Å²) < 4.78 is 1.70. The highest BCUT2D eigenvalue weighted by Crippen LogP contribution is 2.19. The molecule has 1 unspecified atom stereocenters. The molecule has 22 heavy (non-hydrogen) atoms. The zero-order valence-corrected chi connectivity index (χ0v) is 11.9. The minimum atomic E-state index is 0.0621. The number of rotatable bonds is 4. The maximum absolute atomic E-state index is 8.71. The largest absolute Gasteiger partial charge is 0.362 e. The summed E-state index contributed by atoms with van der Waals surface area (Å²) >= 11 is 0. The van der Waals surface area contributed by atoms with Gasteiger partial charge in [0.15, 0.2) is 5.69 Å². The third-order valence-corrected chi connectivity index (χ3v) is 3.22. The Labute approximate surface area is 127 Å². The maximum atomic E-state index is 8.71. The Morgan fingerprint density at radius 3 is 2.55 bits per heavy atom. The summed E-state index contributed by atoms with van der Waals surface area (Å²) in [6.45, 7) is 2.03. The minimum Gasteiger partial charge on any atom is -0.362 e. The maximum Gasteiger partial charge on any atom is 0.163 e. The van der Waals surface area contributed by atoms with Gasteiger partial charge in [0.1, 0.15) is 24.5 Å². The van der Waals surface area contributed by atoms with E-state index < -0.39 is 0 Å². The highest BCUT2D eigenvalue weighted by molar-refractivity contribution is 5.41. The van der Waals surface area contributed by atoms with E-state index in [4.69, 9.17) is 5.26 Å². The van der Waals surface area contributed by atoms with Gasteiger partial charge >= 0.3 is 0 Å². The summed E-state index contributed by atoms with van der Waals surface area (Å²) in [7, 11) is 0. The van der Waals surface area contributed by atoms with Crippen molar-refractivity contribution in [2.45, 2.75) is 13.0 Å². The molecular formula is C15H13N7. The van der Waals surface area contributed by atoms with Crippen LogP contribution in [0.1, 0.15) is 24.2 Å². The van der Waals surface area contributed by atoms with Crippen LogP contribution in [-0.4, -0.2) is 25.0 Å². The molecule has 0 aliphatic heterocycles. The number of hydrogen-bond donors (Lipinski definition) is 1. The normalized spacial score (nSPS) is 11.6. The second-order valence-corrected chi connectivity index (χ2v) is 4.71. The fraction of sp³-hybridized carbons (Fsp3) is 0.133. The van der Waals surface area contributed by atoms with Crippen LogP contribution in [0.4, 0.5) is 5.82 Å². The van der Waals surface area contributed by atoms with Crippen molar-refractivity contribution in [1.29, 1.82) is 5.26 Å². The van der Waals surface area contributed by atoms with E-state index in [0.29, 0.717) is 11.5 Å². The quantitative estimate of drug-likeness (QED) is 0.791. The molecule has 2 heterocycles. The second kappa shape index (κ2) is 6.01. The van der Waals surface area contributed by atoms with E-state index in [9.17, 15) is 0 Å². The number of benzene rings is 1. The molecule has 108 valence electrons. The van der Waals surface area contributed by atoms with Crippen LogP contribution in [0.25, 0.3) is 5.69 Å². The van der Waals surface area contributed by atoms with E-state index >= 15 is 0 Å². The molecule has 0 bridgehead atoms. The van der Waals surface area contributed by atoms with Crippen LogP contribution in [0.5, 0.6) is 0 Å². The zero-order chi connectivity index (χ0) is 15.4. The molecule has 0 aliphatic rings. The van der Waals surface area contributed by atoms with Crippen LogP contribution in [0.15, 0.2) is 49.1 Å².